The Bertz CT molecular complexity index is 1630. The topological polar surface area (TPSA) is 63.5 Å². The molecule has 1 saturated heterocycles. The van der Waals surface area contributed by atoms with Crippen molar-refractivity contribution in [2.24, 2.45) is 7.05 Å². The molecule has 3 aliphatic rings. The van der Waals surface area contributed by atoms with Gasteiger partial charge in [0.05, 0.1) is 6.61 Å². The van der Waals surface area contributed by atoms with Crippen LogP contribution in [-0.2, 0) is 18.9 Å². The van der Waals surface area contributed by atoms with Crippen LogP contribution >= 0.6 is 0 Å². The van der Waals surface area contributed by atoms with E-state index in [2.05, 4.69) is 71.5 Å². The summed E-state index contributed by atoms with van der Waals surface area (Å²) in [6.45, 7) is 7.69. The van der Waals surface area contributed by atoms with Gasteiger partial charge in [0, 0.05) is 41.4 Å². The molecule has 0 bridgehead atoms. The molecule has 0 unspecified atom stereocenters. The lowest BCUT2D eigenvalue weighted by atomic mass is 9.74. The van der Waals surface area contributed by atoms with E-state index in [1.807, 2.05) is 35.6 Å². The maximum atomic E-state index is 13.7. The van der Waals surface area contributed by atoms with Crippen molar-refractivity contribution in [1.82, 2.24) is 19.7 Å². The van der Waals surface area contributed by atoms with Crippen LogP contribution in [-0.4, -0.2) is 58.9 Å². The molecule has 1 fully saturated rings. The Kier molecular flexibility index (Phi) is 5.82. The molecule has 0 atom stereocenters. The number of anilines is 1. The molecule has 7 rings (SSSR count). The largest absolute Gasteiger partial charge is 0.492 e. The number of likely N-dealkylation sites (tertiary alicyclic amines) is 1. The maximum Gasteiger partial charge on any atom is 0.258 e. The van der Waals surface area contributed by atoms with Crippen LogP contribution in [0, 0.1) is 13.8 Å². The molecule has 1 amide bonds. The fraction of sp³-hybridized carbons (Fsp3) is 0.364. The molecule has 204 valence electrons. The number of aryl methyl sites for hydroxylation is 2. The van der Waals surface area contributed by atoms with Gasteiger partial charge in [0.2, 0.25) is 0 Å². The number of benzene rings is 3. The van der Waals surface area contributed by atoms with Crippen molar-refractivity contribution >= 4 is 11.6 Å². The number of piperidine rings is 1. The van der Waals surface area contributed by atoms with E-state index in [4.69, 9.17) is 4.74 Å². The van der Waals surface area contributed by atoms with Gasteiger partial charge in [0.1, 0.15) is 11.6 Å². The van der Waals surface area contributed by atoms with Gasteiger partial charge in [0.25, 0.3) is 5.91 Å². The van der Waals surface area contributed by atoms with Crippen molar-refractivity contribution in [3.63, 3.8) is 0 Å². The molecule has 0 aliphatic carbocycles. The van der Waals surface area contributed by atoms with E-state index in [1.165, 1.54) is 11.1 Å². The second kappa shape index (κ2) is 9.30. The lowest BCUT2D eigenvalue weighted by Gasteiger charge is -2.37. The highest BCUT2D eigenvalue weighted by atomic mass is 16.5. The third-order valence-corrected chi connectivity index (χ3v) is 9.36. The van der Waals surface area contributed by atoms with Crippen molar-refractivity contribution in [1.29, 1.82) is 0 Å². The fourth-order valence-electron chi connectivity index (χ4n) is 6.65. The lowest BCUT2D eigenvalue weighted by Crippen LogP contribution is -2.42. The first-order valence-electron chi connectivity index (χ1n) is 14.2. The van der Waals surface area contributed by atoms with E-state index in [9.17, 15) is 4.79 Å². The molecule has 0 N–H and O–H groups in total. The first kappa shape index (κ1) is 25.0. The van der Waals surface area contributed by atoms with Crippen LogP contribution in [0.2, 0.25) is 0 Å². The van der Waals surface area contributed by atoms with Crippen LogP contribution in [0.3, 0.4) is 0 Å². The molecule has 4 aromatic rings. The SMILES string of the molecule is Cc1cc(-c2nnc(C)n2C)ccc1-c1ccc(C(=O)N2CCc3cc4c(cc32)C2(CCN(C)CC2)CO4)cc1. The first-order chi connectivity index (χ1) is 19.3. The highest BCUT2D eigenvalue weighted by Crippen LogP contribution is 2.49. The summed E-state index contributed by atoms with van der Waals surface area (Å²) < 4.78 is 8.21. The highest BCUT2D eigenvalue weighted by Gasteiger charge is 2.44. The number of aromatic nitrogens is 3. The van der Waals surface area contributed by atoms with Crippen LogP contribution in [0.15, 0.2) is 54.6 Å². The van der Waals surface area contributed by atoms with Crippen molar-refractivity contribution in [2.45, 2.75) is 38.5 Å². The zero-order chi connectivity index (χ0) is 27.6. The monoisotopic (exact) mass is 533 g/mol. The van der Waals surface area contributed by atoms with Gasteiger partial charge in [-0.25, -0.2) is 0 Å². The van der Waals surface area contributed by atoms with Gasteiger partial charge in [-0.15, -0.1) is 10.2 Å². The van der Waals surface area contributed by atoms with Crippen molar-refractivity contribution < 1.29 is 9.53 Å². The summed E-state index contributed by atoms with van der Waals surface area (Å²) in [5.74, 6) is 2.83. The van der Waals surface area contributed by atoms with Crippen molar-refractivity contribution in [3.8, 4) is 28.3 Å². The molecular weight excluding hydrogens is 498 g/mol. The second-order valence-corrected chi connectivity index (χ2v) is 11.8. The van der Waals surface area contributed by atoms with E-state index < -0.39 is 0 Å². The van der Waals surface area contributed by atoms with Crippen LogP contribution in [0.1, 0.15) is 45.7 Å². The van der Waals surface area contributed by atoms with Gasteiger partial charge in [-0.2, -0.15) is 0 Å². The van der Waals surface area contributed by atoms with E-state index in [0.29, 0.717) is 12.1 Å². The van der Waals surface area contributed by atoms with Gasteiger partial charge in [0.15, 0.2) is 5.82 Å². The Morgan fingerprint density at radius 3 is 2.35 bits per heavy atom. The fourth-order valence-corrected chi connectivity index (χ4v) is 6.65. The summed E-state index contributed by atoms with van der Waals surface area (Å²) in [5, 5.41) is 8.51. The summed E-state index contributed by atoms with van der Waals surface area (Å²) in [4.78, 5) is 18.1. The van der Waals surface area contributed by atoms with E-state index >= 15 is 0 Å². The molecule has 0 radical (unpaired) electrons. The Morgan fingerprint density at radius 1 is 0.900 bits per heavy atom. The molecule has 4 heterocycles. The Labute approximate surface area is 235 Å². The lowest BCUT2D eigenvalue weighted by molar-refractivity contribution is 0.0989. The van der Waals surface area contributed by atoms with Crippen molar-refractivity contribution in [3.05, 3.63) is 82.7 Å². The molecule has 40 heavy (non-hydrogen) atoms. The molecule has 7 heteroatoms. The number of hydrogen-bond acceptors (Lipinski definition) is 5. The molecule has 3 aliphatic heterocycles. The van der Waals surface area contributed by atoms with E-state index in [1.54, 1.807) is 0 Å². The zero-order valence-corrected chi connectivity index (χ0v) is 23.7. The molecule has 1 spiro atoms. The zero-order valence-electron chi connectivity index (χ0n) is 23.7. The predicted molar refractivity (Wildman–Crippen MR) is 157 cm³/mol. The number of carbonyl (C=O) groups is 1. The minimum Gasteiger partial charge on any atom is -0.492 e. The third kappa shape index (κ3) is 3.94. The summed E-state index contributed by atoms with van der Waals surface area (Å²) in [6.07, 6.45) is 3.06. The minimum absolute atomic E-state index is 0.0614. The normalized spacial score (nSPS) is 17.6. The average molecular weight is 534 g/mol. The third-order valence-electron chi connectivity index (χ3n) is 9.36. The summed E-state index contributed by atoms with van der Waals surface area (Å²) in [5.41, 5.74) is 8.80. The molecule has 7 nitrogen and oxygen atoms in total. The Hall–Kier alpha value is -3.97. The summed E-state index contributed by atoms with van der Waals surface area (Å²) >= 11 is 0. The second-order valence-electron chi connectivity index (χ2n) is 11.8. The number of fused-ring (bicyclic) bond motifs is 3. The quantitative estimate of drug-likeness (QED) is 0.357. The van der Waals surface area contributed by atoms with Crippen LogP contribution in [0.4, 0.5) is 5.69 Å². The van der Waals surface area contributed by atoms with Gasteiger partial charge in [-0.1, -0.05) is 24.3 Å². The average Bonchev–Trinajstić information content (AvgIpc) is 3.64. The van der Waals surface area contributed by atoms with Crippen LogP contribution in [0.25, 0.3) is 22.5 Å². The summed E-state index contributed by atoms with van der Waals surface area (Å²) in [7, 11) is 4.17. The van der Waals surface area contributed by atoms with Gasteiger partial charge < -0.3 is 19.1 Å². The standard InChI is InChI=1S/C33H35N5O2/c1-21-17-26(31-35-34-22(2)37(31)4)9-10-27(21)23-5-7-24(8-6-23)32(39)38-14-11-25-18-30-28(19-29(25)38)33(20-40-30)12-15-36(3)16-13-33/h5-10,17-19H,11-16,20H2,1-4H3. The van der Waals surface area contributed by atoms with E-state index in [0.717, 1.165) is 84.3 Å². The molecule has 0 saturated carbocycles. The van der Waals surface area contributed by atoms with Gasteiger partial charge >= 0.3 is 0 Å². The number of ether oxygens (including phenoxy) is 1. The predicted octanol–water partition coefficient (Wildman–Crippen LogP) is 5.32. The van der Waals surface area contributed by atoms with Crippen LogP contribution < -0.4 is 9.64 Å². The number of carbonyl (C=O) groups excluding carboxylic acids is 1. The van der Waals surface area contributed by atoms with Gasteiger partial charge in [-0.05, 0) is 106 Å². The minimum atomic E-state index is 0.0614. The Morgan fingerprint density at radius 2 is 1.65 bits per heavy atom. The molecular formula is C33H35N5O2. The Balaban J connectivity index is 1.13. The van der Waals surface area contributed by atoms with Crippen LogP contribution in [0.5, 0.6) is 5.75 Å². The number of hydrogen-bond donors (Lipinski definition) is 0. The van der Waals surface area contributed by atoms with E-state index in [-0.39, 0.29) is 11.3 Å². The molecule has 3 aromatic carbocycles. The number of nitrogens with zero attached hydrogens (tertiary/aromatic N) is 5. The number of amides is 1. The van der Waals surface area contributed by atoms with Crippen molar-refractivity contribution in [2.75, 3.05) is 38.2 Å². The highest BCUT2D eigenvalue weighted by molar-refractivity contribution is 6.07. The number of rotatable bonds is 3. The summed E-state index contributed by atoms with van der Waals surface area (Å²) in [6, 6.07) is 18.9. The molecule has 1 aromatic heterocycles. The maximum absolute atomic E-state index is 13.7. The van der Waals surface area contributed by atoms with Gasteiger partial charge in [-0.3, -0.25) is 4.79 Å². The first-order valence-corrected chi connectivity index (χ1v) is 14.2. The smallest absolute Gasteiger partial charge is 0.258 e.